The molecule has 0 radical (unpaired) electrons. The molecule has 0 aliphatic carbocycles. The molecule has 0 aliphatic rings. The normalized spacial score (nSPS) is 12.8. The molecule has 4 rings (SSSR count). The summed E-state index contributed by atoms with van der Waals surface area (Å²) >= 11 is 0. The number of hydrogen-bond donors (Lipinski definition) is 7. The molecule has 4 aromatic rings. The zero-order valence-corrected chi connectivity index (χ0v) is 21.4. The number of aliphatic hydroxyl groups is 2. The van der Waals surface area contributed by atoms with Crippen LogP contribution in [0.2, 0.25) is 0 Å². The Kier molecular flexibility index (Phi) is 8.52. The molecule has 9 heteroatoms. The highest BCUT2D eigenvalue weighted by atomic mass is 16.5. The molecule has 0 fully saturated rings. The number of nitrogens with one attached hydrogen (secondary N) is 3. The van der Waals surface area contributed by atoms with Crippen LogP contribution in [0.5, 0.6) is 17.2 Å². The average molecular weight is 520 g/mol. The fourth-order valence-corrected chi connectivity index (χ4v) is 4.41. The number of aromatic amines is 1. The van der Waals surface area contributed by atoms with Gasteiger partial charge in [-0.2, -0.15) is 0 Å². The highest BCUT2D eigenvalue weighted by Gasteiger charge is 2.15. The van der Waals surface area contributed by atoms with Crippen LogP contribution in [0.15, 0.2) is 60.7 Å². The van der Waals surface area contributed by atoms with Gasteiger partial charge in [0.2, 0.25) is 0 Å². The molecular formula is C29H33N3O6. The van der Waals surface area contributed by atoms with Crippen molar-refractivity contribution in [3.63, 3.8) is 0 Å². The number of methoxy groups -OCH3 is 1. The van der Waals surface area contributed by atoms with Gasteiger partial charge in [-0.1, -0.05) is 18.2 Å². The van der Waals surface area contributed by atoms with Crippen molar-refractivity contribution in [2.24, 2.45) is 0 Å². The van der Waals surface area contributed by atoms with Gasteiger partial charge in [0.15, 0.2) is 0 Å². The zero-order chi connectivity index (χ0) is 27.2. The summed E-state index contributed by atoms with van der Waals surface area (Å²) in [7, 11) is 1.51. The number of aromatic hydroxyl groups is 2. The Balaban J connectivity index is 1.35. The van der Waals surface area contributed by atoms with Gasteiger partial charge >= 0.3 is 0 Å². The summed E-state index contributed by atoms with van der Waals surface area (Å²) < 4.78 is 5.27. The van der Waals surface area contributed by atoms with Crippen LogP contribution < -0.4 is 15.4 Å². The lowest BCUT2D eigenvalue weighted by Crippen LogP contribution is -2.32. The minimum absolute atomic E-state index is 0.00119. The molecule has 0 saturated heterocycles. The molecular weight excluding hydrogens is 486 g/mol. The van der Waals surface area contributed by atoms with Crippen molar-refractivity contribution in [3.05, 3.63) is 88.6 Å². The van der Waals surface area contributed by atoms with Crippen LogP contribution >= 0.6 is 0 Å². The summed E-state index contributed by atoms with van der Waals surface area (Å²) in [5, 5.41) is 46.7. The second-order valence-corrected chi connectivity index (χ2v) is 9.32. The van der Waals surface area contributed by atoms with Crippen molar-refractivity contribution in [1.29, 1.82) is 0 Å². The Labute approximate surface area is 220 Å². The molecule has 38 heavy (non-hydrogen) atoms. The van der Waals surface area contributed by atoms with Gasteiger partial charge < -0.3 is 40.8 Å². The van der Waals surface area contributed by atoms with E-state index in [1.54, 1.807) is 36.4 Å². The third-order valence-electron chi connectivity index (χ3n) is 6.54. The third kappa shape index (κ3) is 6.25. The summed E-state index contributed by atoms with van der Waals surface area (Å²) in [5.41, 5.74) is 3.82. The van der Waals surface area contributed by atoms with E-state index in [0.717, 1.165) is 16.5 Å². The van der Waals surface area contributed by atoms with Gasteiger partial charge in [0.1, 0.15) is 22.9 Å². The maximum Gasteiger partial charge on any atom is 0.268 e. The number of hydrogen-bond acceptors (Lipinski definition) is 7. The molecule has 7 N–H and O–H groups in total. The Morgan fingerprint density at radius 3 is 2.63 bits per heavy atom. The van der Waals surface area contributed by atoms with E-state index >= 15 is 0 Å². The van der Waals surface area contributed by atoms with Gasteiger partial charge in [-0.05, 0) is 66.9 Å². The highest BCUT2D eigenvalue weighted by molar-refractivity contribution is 5.98. The zero-order valence-electron chi connectivity index (χ0n) is 21.4. The van der Waals surface area contributed by atoms with Gasteiger partial charge in [-0.15, -0.1) is 0 Å². The molecule has 0 bridgehead atoms. The van der Waals surface area contributed by atoms with Crippen molar-refractivity contribution in [3.8, 4) is 17.2 Å². The minimum atomic E-state index is -0.783. The van der Waals surface area contributed by atoms with Gasteiger partial charge in [0.05, 0.1) is 31.9 Å². The molecule has 0 aliphatic heterocycles. The molecule has 200 valence electrons. The van der Waals surface area contributed by atoms with Crippen LogP contribution in [0.1, 0.15) is 45.8 Å². The number of carbonyl (C=O) groups is 1. The Morgan fingerprint density at radius 1 is 1.05 bits per heavy atom. The third-order valence-corrected chi connectivity index (χ3v) is 6.54. The van der Waals surface area contributed by atoms with Gasteiger partial charge in [0, 0.05) is 29.1 Å². The lowest BCUT2D eigenvalue weighted by atomic mass is 10.0. The first-order valence-electron chi connectivity index (χ1n) is 12.4. The van der Waals surface area contributed by atoms with Gasteiger partial charge in [-0.25, -0.2) is 0 Å². The van der Waals surface area contributed by atoms with Crippen LogP contribution in [0.4, 0.5) is 0 Å². The first-order valence-corrected chi connectivity index (χ1v) is 12.4. The quantitative estimate of drug-likeness (QED) is 0.161. The van der Waals surface area contributed by atoms with Crippen LogP contribution in [-0.2, 0) is 19.6 Å². The van der Waals surface area contributed by atoms with Crippen molar-refractivity contribution in [2.45, 2.75) is 38.6 Å². The van der Waals surface area contributed by atoms with E-state index in [-0.39, 0.29) is 36.6 Å². The number of phenols is 2. The topological polar surface area (TPSA) is 147 Å². The lowest BCUT2D eigenvalue weighted by Gasteiger charge is -2.18. The number of fused-ring (bicyclic) bond motifs is 1. The number of H-pyrrole nitrogens is 1. The largest absolute Gasteiger partial charge is 0.508 e. The van der Waals surface area contributed by atoms with E-state index in [2.05, 4.69) is 15.6 Å². The first kappa shape index (κ1) is 27.0. The van der Waals surface area contributed by atoms with E-state index < -0.39 is 6.10 Å². The molecule has 1 heterocycles. The van der Waals surface area contributed by atoms with Crippen molar-refractivity contribution in [2.75, 3.05) is 13.7 Å². The standard InChI is InChI=1S/C29H33N3O6/c1-17(30-15-27(36)19-7-9-25(34)21(12-19)16-33)10-18-6-8-23-20(11-18)13-24(32-23)29(37)31-14-22-26(35)4-3-5-28(22)38-2/h3-9,11-13,17,27,30,32-36H,10,14-16H2,1-2H3,(H,31,37). The molecule has 2 unspecified atom stereocenters. The van der Waals surface area contributed by atoms with Crippen LogP contribution in [0.3, 0.4) is 0 Å². The Hall–Kier alpha value is -4.05. The molecule has 0 saturated carbocycles. The second kappa shape index (κ2) is 12.0. The van der Waals surface area contributed by atoms with Crippen molar-refractivity contribution in [1.82, 2.24) is 15.6 Å². The number of aliphatic hydroxyl groups excluding tert-OH is 2. The smallest absolute Gasteiger partial charge is 0.268 e. The number of rotatable bonds is 11. The summed E-state index contributed by atoms with van der Waals surface area (Å²) in [5.74, 6) is 0.260. The summed E-state index contributed by atoms with van der Waals surface area (Å²) in [6.07, 6.45) is -0.0748. The number of carbonyl (C=O) groups excluding carboxylic acids is 1. The van der Waals surface area contributed by atoms with E-state index in [9.17, 15) is 25.2 Å². The average Bonchev–Trinajstić information content (AvgIpc) is 3.34. The molecule has 2 atom stereocenters. The maximum absolute atomic E-state index is 12.8. The number of phenolic OH excluding ortho intramolecular Hbond substituents is 1. The number of benzene rings is 3. The number of ether oxygens (including phenoxy) is 1. The highest BCUT2D eigenvalue weighted by Crippen LogP contribution is 2.27. The number of aromatic nitrogens is 1. The van der Waals surface area contributed by atoms with E-state index in [4.69, 9.17) is 4.74 Å². The predicted molar refractivity (Wildman–Crippen MR) is 144 cm³/mol. The Morgan fingerprint density at radius 2 is 1.87 bits per heavy atom. The van der Waals surface area contributed by atoms with E-state index in [1.807, 2.05) is 25.1 Å². The van der Waals surface area contributed by atoms with Gasteiger partial charge in [-0.3, -0.25) is 4.79 Å². The van der Waals surface area contributed by atoms with Gasteiger partial charge in [0.25, 0.3) is 5.91 Å². The monoisotopic (exact) mass is 519 g/mol. The second-order valence-electron chi connectivity index (χ2n) is 9.32. The fraction of sp³-hybridized carbons (Fsp3) is 0.276. The minimum Gasteiger partial charge on any atom is -0.508 e. The van der Waals surface area contributed by atoms with Crippen LogP contribution in [0.25, 0.3) is 10.9 Å². The van der Waals surface area contributed by atoms with Crippen LogP contribution in [-0.4, -0.2) is 51.0 Å². The van der Waals surface area contributed by atoms with Crippen molar-refractivity contribution < 1.29 is 30.0 Å². The summed E-state index contributed by atoms with van der Waals surface area (Å²) in [4.78, 5) is 15.9. The molecule has 0 spiro atoms. The molecule has 1 amide bonds. The fourth-order valence-electron chi connectivity index (χ4n) is 4.41. The SMILES string of the molecule is COc1cccc(O)c1CNC(=O)c1cc2cc(CC(C)NCC(O)c3ccc(O)c(CO)c3)ccc2[nH]1. The molecule has 9 nitrogen and oxygen atoms in total. The molecule has 3 aromatic carbocycles. The number of amides is 1. The van der Waals surface area contributed by atoms with Crippen LogP contribution in [0, 0.1) is 0 Å². The summed E-state index contributed by atoms with van der Waals surface area (Å²) in [6.45, 7) is 2.16. The van der Waals surface area contributed by atoms with E-state index in [1.165, 1.54) is 13.2 Å². The molecule has 1 aromatic heterocycles. The van der Waals surface area contributed by atoms with Crippen molar-refractivity contribution >= 4 is 16.8 Å². The maximum atomic E-state index is 12.8. The summed E-state index contributed by atoms with van der Waals surface area (Å²) in [6, 6.07) is 17.5. The first-order chi connectivity index (χ1) is 18.3. The lowest BCUT2D eigenvalue weighted by molar-refractivity contribution is 0.0946. The van der Waals surface area contributed by atoms with E-state index in [0.29, 0.717) is 41.1 Å². The predicted octanol–water partition coefficient (Wildman–Crippen LogP) is 3.26. The Bertz CT molecular complexity index is 1420.